The van der Waals surface area contributed by atoms with Crippen LogP contribution in [0.4, 0.5) is 0 Å². The number of hydrogen-bond donors (Lipinski definition) is 1. The Hall–Kier alpha value is -0.693. The lowest BCUT2D eigenvalue weighted by Gasteiger charge is -2.42. The second-order valence-electron chi connectivity index (χ2n) is 8.28. The molecule has 2 fully saturated rings. The van der Waals surface area contributed by atoms with Crippen LogP contribution in [-0.4, -0.2) is 49.9 Å². The van der Waals surface area contributed by atoms with Crippen molar-refractivity contribution >= 4 is 14.3 Å². The minimum Gasteiger partial charge on any atom is -0.463 e. The van der Waals surface area contributed by atoms with Crippen molar-refractivity contribution in [3.8, 4) is 0 Å². The molecule has 1 heterocycles. The molecule has 23 heavy (non-hydrogen) atoms. The average Bonchev–Trinajstić information content (AvgIpc) is 3.05. The molecule has 1 spiro atoms. The first-order valence-corrected chi connectivity index (χ1v) is 11.2. The molecule has 0 amide bonds. The lowest BCUT2D eigenvalue weighted by molar-refractivity contribution is -0.141. The summed E-state index contributed by atoms with van der Waals surface area (Å²) >= 11 is 0. The van der Waals surface area contributed by atoms with Gasteiger partial charge >= 0.3 is 5.97 Å². The second-order valence-corrected chi connectivity index (χ2v) is 13.0. The minimum absolute atomic E-state index is 0.0567. The van der Waals surface area contributed by atoms with Gasteiger partial charge in [-0.25, -0.2) is 0 Å². The Bertz CT molecular complexity index is 496. The van der Waals surface area contributed by atoms with Crippen LogP contribution in [0.2, 0.25) is 18.1 Å². The van der Waals surface area contributed by atoms with Crippen molar-refractivity contribution in [1.82, 2.24) is 0 Å². The number of carbonyl (C=O) groups excluding carboxylic acids is 1. The summed E-state index contributed by atoms with van der Waals surface area (Å²) < 4.78 is 17.3. The Morgan fingerprint density at radius 3 is 2.61 bits per heavy atom. The van der Waals surface area contributed by atoms with Crippen molar-refractivity contribution in [3.05, 3.63) is 12.2 Å². The van der Waals surface area contributed by atoms with Crippen molar-refractivity contribution in [2.45, 2.75) is 82.6 Å². The highest BCUT2D eigenvalue weighted by molar-refractivity contribution is 6.74. The molecule has 6 heteroatoms. The molecule has 1 saturated carbocycles. The number of aliphatic hydroxyl groups excluding tert-OH is 1. The third-order valence-corrected chi connectivity index (χ3v) is 10.0. The van der Waals surface area contributed by atoms with Gasteiger partial charge in [0.2, 0.25) is 0 Å². The molecule has 0 aromatic heterocycles. The molecule has 0 bridgehead atoms. The Balaban J connectivity index is 2.06. The highest BCUT2D eigenvalue weighted by Crippen LogP contribution is 2.52. The maximum Gasteiger partial charge on any atom is 0.302 e. The molecule has 5 nitrogen and oxygen atoms in total. The number of ether oxygens (including phenoxy) is 2. The summed E-state index contributed by atoms with van der Waals surface area (Å²) in [6.45, 7) is 16.6. The van der Waals surface area contributed by atoms with Gasteiger partial charge < -0.3 is 19.0 Å². The number of epoxide rings is 1. The SMILES string of the molecule is C=C1C(O)CC(O[Si](C)(C)C(C)(C)C)CC12OC2COC(C)=O. The van der Waals surface area contributed by atoms with Crippen LogP contribution in [0.5, 0.6) is 0 Å². The summed E-state index contributed by atoms with van der Waals surface area (Å²) in [4.78, 5) is 11.0. The van der Waals surface area contributed by atoms with E-state index in [-0.39, 0.29) is 29.8 Å². The van der Waals surface area contributed by atoms with Gasteiger partial charge in [-0.3, -0.25) is 4.79 Å². The Labute approximate surface area is 140 Å². The van der Waals surface area contributed by atoms with Gasteiger partial charge in [0, 0.05) is 19.8 Å². The molecular weight excluding hydrogens is 312 g/mol. The Kier molecular flexibility index (Phi) is 4.85. The fourth-order valence-electron chi connectivity index (χ4n) is 2.95. The summed E-state index contributed by atoms with van der Waals surface area (Å²) in [5.41, 5.74) is 0.0879. The third kappa shape index (κ3) is 3.70. The predicted molar refractivity (Wildman–Crippen MR) is 90.7 cm³/mol. The average molecular weight is 343 g/mol. The largest absolute Gasteiger partial charge is 0.463 e. The van der Waals surface area contributed by atoms with Gasteiger partial charge in [0.05, 0.1) is 12.2 Å². The van der Waals surface area contributed by atoms with Crippen molar-refractivity contribution in [1.29, 1.82) is 0 Å². The maximum atomic E-state index is 11.0. The molecule has 1 aliphatic heterocycles. The van der Waals surface area contributed by atoms with Gasteiger partial charge in [-0.05, 0) is 23.7 Å². The van der Waals surface area contributed by atoms with Crippen LogP contribution in [0.1, 0.15) is 40.5 Å². The number of carbonyl (C=O) groups is 1. The lowest BCUT2D eigenvalue weighted by atomic mass is 9.79. The van der Waals surface area contributed by atoms with Crippen LogP contribution in [0, 0.1) is 0 Å². The Morgan fingerprint density at radius 2 is 2.09 bits per heavy atom. The summed E-state index contributed by atoms with van der Waals surface area (Å²) in [6, 6.07) is 0. The van der Waals surface area contributed by atoms with Crippen molar-refractivity contribution in [3.63, 3.8) is 0 Å². The van der Waals surface area contributed by atoms with E-state index < -0.39 is 20.0 Å². The number of aliphatic hydroxyl groups is 1. The van der Waals surface area contributed by atoms with E-state index in [9.17, 15) is 9.90 Å². The highest BCUT2D eigenvalue weighted by atomic mass is 28.4. The molecule has 0 aromatic rings. The zero-order chi connectivity index (χ0) is 17.6. The van der Waals surface area contributed by atoms with E-state index in [0.717, 1.165) is 0 Å². The molecule has 0 aromatic carbocycles. The van der Waals surface area contributed by atoms with Gasteiger partial charge in [0.25, 0.3) is 0 Å². The summed E-state index contributed by atoms with van der Waals surface area (Å²) in [7, 11) is -1.92. The van der Waals surface area contributed by atoms with Crippen molar-refractivity contribution in [2.24, 2.45) is 0 Å². The highest BCUT2D eigenvalue weighted by Gasteiger charge is 2.63. The zero-order valence-electron chi connectivity index (χ0n) is 15.1. The van der Waals surface area contributed by atoms with E-state index in [1.165, 1.54) is 6.92 Å². The van der Waals surface area contributed by atoms with Gasteiger partial charge in [-0.2, -0.15) is 0 Å². The van der Waals surface area contributed by atoms with Crippen molar-refractivity contribution < 1.29 is 23.8 Å². The smallest absolute Gasteiger partial charge is 0.302 e. The summed E-state index contributed by atoms with van der Waals surface area (Å²) in [6.07, 6.45) is 0.303. The van der Waals surface area contributed by atoms with E-state index in [4.69, 9.17) is 13.9 Å². The number of esters is 1. The van der Waals surface area contributed by atoms with Crippen LogP contribution in [0.25, 0.3) is 0 Å². The molecule has 132 valence electrons. The molecular formula is C17H30O5Si. The fourth-order valence-corrected chi connectivity index (χ4v) is 4.32. The second kappa shape index (κ2) is 5.99. The minimum atomic E-state index is -1.92. The van der Waals surface area contributed by atoms with Crippen LogP contribution in [0.3, 0.4) is 0 Å². The maximum absolute atomic E-state index is 11.0. The van der Waals surface area contributed by atoms with Crippen LogP contribution >= 0.6 is 0 Å². The topological polar surface area (TPSA) is 68.3 Å². The van der Waals surface area contributed by atoms with E-state index in [1.807, 2.05) is 0 Å². The van der Waals surface area contributed by atoms with E-state index >= 15 is 0 Å². The predicted octanol–water partition coefficient (Wildman–Crippen LogP) is 2.79. The third-order valence-electron chi connectivity index (χ3n) is 5.48. The van der Waals surface area contributed by atoms with Crippen LogP contribution in [0.15, 0.2) is 12.2 Å². The monoisotopic (exact) mass is 342 g/mol. The molecule has 4 atom stereocenters. The lowest BCUT2D eigenvalue weighted by Crippen LogP contribution is -2.49. The van der Waals surface area contributed by atoms with E-state index in [0.29, 0.717) is 18.4 Å². The molecule has 4 unspecified atom stereocenters. The van der Waals surface area contributed by atoms with E-state index in [2.05, 4.69) is 40.4 Å². The molecule has 1 saturated heterocycles. The van der Waals surface area contributed by atoms with Gasteiger partial charge in [-0.15, -0.1) is 0 Å². The van der Waals surface area contributed by atoms with Gasteiger partial charge in [-0.1, -0.05) is 27.4 Å². The molecule has 1 aliphatic carbocycles. The fraction of sp³-hybridized carbons (Fsp3) is 0.824. The van der Waals surface area contributed by atoms with Gasteiger partial charge in [0.1, 0.15) is 18.3 Å². The Morgan fingerprint density at radius 1 is 1.48 bits per heavy atom. The molecule has 0 radical (unpaired) electrons. The zero-order valence-corrected chi connectivity index (χ0v) is 16.1. The molecule has 2 aliphatic rings. The van der Waals surface area contributed by atoms with Crippen LogP contribution in [-0.2, 0) is 18.7 Å². The quantitative estimate of drug-likeness (QED) is 0.368. The molecule has 1 N–H and O–H groups in total. The van der Waals surface area contributed by atoms with Gasteiger partial charge in [0.15, 0.2) is 8.32 Å². The first-order valence-electron chi connectivity index (χ1n) is 8.25. The summed E-state index contributed by atoms with van der Waals surface area (Å²) in [5, 5.41) is 10.5. The summed E-state index contributed by atoms with van der Waals surface area (Å²) in [5.74, 6) is -0.327. The first kappa shape index (κ1) is 18.6. The van der Waals surface area contributed by atoms with Crippen LogP contribution < -0.4 is 0 Å². The standard InChI is InChI=1S/C17H30O5Si/c1-11-14(19)8-13(22-23(6,7)16(3,4)5)9-17(11)15(21-17)10-20-12(2)18/h13-15,19H,1,8-10H2,2-7H3. The molecule has 2 rings (SSSR count). The van der Waals surface area contributed by atoms with E-state index in [1.54, 1.807) is 0 Å². The normalized spacial score (nSPS) is 34.6. The van der Waals surface area contributed by atoms with Crippen molar-refractivity contribution in [2.75, 3.05) is 6.61 Å². The number of hydrogen-bond acceptors (Lipinski definition) is 5. The number of rotatable bonds is 4. The first-order chi connectivity index (χ1) is 10.4.